The number of nitrogens with two attached hydrogens (primary N) is 1. The Morgan fingerprint density at radius 2 is 1.90 bits per heavy atom. The maximum atomic E-state index is 12.4. The Morgan fingerprint density at radius 1 is 1.29 bits per heavy atom. The van der Waals surface area contributed by atoms with E-state index in [-0.39, 0.29) is 24.5 Å². The second kappa shape index (κ2) is 7.14. The zero-order valence-corrected chi connectivity index (χ0v) is 12.5. The Morgan fingerprint density at radius 3 is 2.33 bits per heavy atom. The summed E-state index contributed by atoms with van der Waals surface area (Å²) in [5.41, 5.74) is 5.12. The zero-order chi connectivity index (χ0) is 16.0. The number of amides is 1. The van der Waals surface area contributed by atoms with Crippen LogP contribution in [0.25, 0.3) is 0 Å². The van der Waals surface area contributed by atoms with Gasteiger partial charge in [-0.2, -0.15) is 0 Å². The summed E-state index contributed by atoms with van der Waals surface area (Å²) in [6.45, 7) is 0.988. The summed E-state index contributed by atoms with van der Waals surface area (Å²) in [5, 5.41) is 21.4. The van der Waals surface area contributed by atoms with Crippen LogP contribution in [0.4, 0.5) is 5.69 Å². The lowest BCUT2D eigenvalue weighted by Gasteiger charge is -2.30. The van der Waals surface area contributed by atoms with Crippen molar-refractivity contribution < 1.29 is 24.5 Å². The van der Waals surface area contributed by atoms with Crippen LogP contribution in [0.5, 0.6) is 11.5 Å². The molecule has 0 fully saturated rings. The van der Waals surface area contributed by atoms with Gasteiger partial charge in [0, 0.05) is 6.07 Å². The van der Waals surface area contributed by atoms with Crippen LogP contribution in [0.1, 0.15) is 23.7 Å². The fraction of sp³-hybridized carbons (Fsp3) is 0.500. The van der Waals surface area contributed by atoms with E-state index >= 15 is 0 Å². The van der Waals surface area contributed by atoms with E-state index in [9.17, 15) is 15.0 Å². The molecule has 1 aromatic rings. The third-order valence-electron chi connectivity index (χ3n) is 3.48. The highest BCUT2D eigenvalue weighted by Crippen LogP contribution is 2.31. The van der Waals surface area contributed by atoms with Crippen molar-refractivity contribution in [3.05, 3.63) is 17.7 Å². The van der Waals surface area contributed by atoms with Crippen molar-refractivity contribution in [1.82, 2.24) is 5.32 Å². The molecule has 0 aromatic heterocycles. The van der Waals surface area contributed by atoms with E-state index in [1.807, 2.05) is 0 Å². The van der Waals surface area contributed by atoms with Gasteiger partial charge in [0.15, 0.2) is 0 Å². The van der Waals surface area contributed by atoms with Crippen molar-refractivity contribution in [3.63, 3.8) is 0 Å². The fourth-order valence-electron chi connectivity index (χ4n) is 1.83. The van der Waals surface area contributed by atoms with Crippen molar-refractivity contribution in [1.29, 1.82) is 0 Å². The molecule has 0 radical (unpaired) electrons. The first-order valence-electron chi connectivity index (χ1n) is 6.52. The van der Waals surface area contributed by atoms with Gasteiger partial charge in [-0.1, -0.05) is 6.92 Å². The molecule has 0 aliphatic carbocycles. The Hall–Kier alpha value is -1.99. The Kier molecular flexibility index (Phi) is 5.80. The predicted octanol–water partition coefficient (Wildman–Crippen LogP) is 0.149. The summed E-state index contributed by atoms with van der Waals surface area (Å²) in [5.74, 6) is 0.213. The van der Waals surface area contributed by atoms with Crippen LogP contribution in [-0.4, -0.2) is 49.1 Å². The van der Waals surface area contributed by atoms with Crippen molar-refractivity contribution in [3.8, 4) is 11.5 Å². The standard InChI is InChI=1S/C14H22N2O5/c1-4-14(7-17,8-18)16-13(19)10-5-9(20-2)6-11(21-3)12(10)15/h5-6,17-18H,4,7-8,15H2,1-3H3,(H,16,19). The number of rotatable bonds is 7. The summed E-state index contributed by atoms with van der Waals surface area (Å²) in [7, 11) is 2.90. The van der Waals surface area contributed by atoms with E-state index < -0.39 is 11.4 Å². The highest BCUT2D eigenvalue weighted by molar-refractivity contribution is 6.01. The molecule has 0 atom stereocenters. The molecule has 0 saturated carbocycles. The molecule has 1 amide bonds. The van der Waals surface area contributed by atoms with Crippen LogP contribution in [0.2, 0.25) is 0 Å². The normalized spacial score (nSPS) is 11.1. The number of carbonyl (C=O) groups excluding carboxylic acids is 1. The van der Waals surface area contributed by atoms with E-state index in [2.05, 4.69) is 5.32 Å². The van der Waals surface area contributed by atoms with Gasteiger partial charge in [-0.15, -0.1) is 0 Å². The Balaban J connectivity index is 3.17. The molecular formula is C14H22N2O5. The number of carbonyl (C=O) groups is 1. The molecule has 118 valence electrons. The molecule has 7 heteroatoms. The summed E-state index contributed by atoms with van der Waals surface area (Å²) in [4.78, 5) is 12.4. The average Bonchev–Trinajstić information content (AvgIpc) is 2.52. The first kappa shape index (κ1) is 17.1. The number of ether oxygens (including phenoxy) is 2. The smallest absolute Gasteiger partial charge is 0.254 e. The molecule has 0 spiro atoms. The number of nitrogens with one attached hydrogen (secondary N) is 1. The molecule has 7 nitrogen and oxygen atoms in total. The van der Waals surface area contributed by atoms with Crippen LogP contribution in [-0.2, 0) is 0 Å². The molecule has 1 aromatic carbocycles. The molecule has 5 N–H and O–H groups in total. The van der Waals surface area contributed by atoms with Gasteiger partial charge in [0.2, 0.25) is 0 Å². The lowest BCUT2D eigenvalue weighted by atomic mass is 9.97. The van der Waals surface area contributed by atoms with E-state index in [1.54, 1.807) is 13.0 Å². The third-order valence-corrected chi connectivity index (χ3v) is 3.48. The molecule has 0 unspecified atom stereocenters. The SMILES string of the molecule is CCC(CO)(CO)NC(=O)c1cc(OC)cc(OC)c1N. The topological polar surface area (TPSA) is 114 Å². The second-order valence-electron chi connectivity index (χ2n) is 4.70. The minimum absolute atomic E-state index is 0.158. The number of nitrogen functional groups attached to an aromatic ring is 1. The monoisotopic (exact) mass is 298 g/mol. The Labute approximate surface area is 123 Å². The first-order chi connectivity index (χ1) is 9.96. The maximum Gasteiger partial charge on any atom is 0.254 e. The summed E-state index contributed by atoms with van der Waals surface area (Å²) < 4.78 is 10.2. The molecule has 0 heterocycles. The molecule has 1 rings (SSSR count). The summed E-state index contributed by atoms with van der Waals surface area (Å²) in [6, 6.07) is 3.04. The lowest BCUT2D eigenvalue weighted by Crippen LogP contribution is -2.53. The number of benzene rings is 1. The van der Waals surface area contributed by atoms with Gasteiger partial charge in [-0.25, -0.2) is 0 Å². The van der Waals surface area contributed by atoms with Gasteiger partial charge < -0.3 is 30.7 Å². The minimum atomic E-state index is -1.10. The summed E-state index contributed by atoms with van der Waals surface area (Å²) in [6.07, 6.45) is 0.368. The number of anilines is 1. The van der Waals surface area contributed by atoms with Crippen molar-refractivity contribution in [2.75, 3.05) is 33.2 Å². The largest absolute Gasteiger partial charge is 0.497 e. The molecule has 0 aliphatic rings. The Bertz CT molecular complexity index is 492. The van der Waals surface area contributed by atoms with E-state index in [1.165, 1.54) is 20.3 Å². The van der Waals surface area contributed by atoms with E-state index in [4.69, 9.17) is 15.2 Å². The number of hydrogen-bond acceptors (Lipinski definition) is 6. The summed E-state index contributed by atoms with van der Waals surface area (Å²) >= 11 is 0. The molecule has 0 saturated heterocycles. The van der Waals surface area contributed by atoms with Gasteiger partial charge in [-0.3, -0.25) is 4.79 Å². The molecule has 0 aliphatic heterocycles. The maximum absolute atomic E-state index is 12.4. The molecule has 0 bridgehead atoms. The first-order valence-corrected chi connectivity index (χ1v) is 6.52. The van der Waals surface area contributed by atoms with Crippen LogP contribution >= 0.6 is 0 Å². The van der Waals surface area contributed by atoms with Crippen molar-refractivity contribution >= 4 is 11.6 Å². The highest BCUT2D eigenvalue weighted by Gasteiger charge is 2.30. The van der Waals surface area contributed by atoms with Gasteiger partial charge >= 0.3 is 0 Å². The van der Waals surface area contributed by atoms with Crippen LogP contribution in [0, 0.1) is 0 Å². The number of hydrogen-bond donors (Lipinski definition) is 4. The second-order valence-corrected chi connectivity index (χ2v) is 4.70. The zero-order valence-electron chi connectivity index (χ0n) is 12.5. The number of aliphatic hydroxyl groups excluding tert-OH is 2. The van der Waals surface area contributed by atoms with Crippen LogP contribution in [0.3, 0.4) is 0 Å². The highest BCUT2D eigenvalue weighted by atomic mass is 16.5. The van der Waals surface area contributed by atoms with Gasteiger partial charge in [0.05, 0.1) is 44.2 Å². The fourth-order valence-corrected chi connectivity index (χ4v) is 1.83. The van der Waals surface area contributed by atoms with E-state index in [0.29, 0.717) is 17.9 Å². The third kappa shape index (κ3) is 3.56. The molecular weight excluding hydrogens is 276 g/mol. The van der Waals surface area contributed by atoms with Gasteiger partial charge in [-0.05, 0) is 12.5 Å². The predicted molar refractivity (Wildman–Crippen MR) is 78.6 cm³/mol. The average molecular weight is 298 g/mol. The number of aliphatic hydroxyl groups is 2. The lowest BCUT2D eigenvalue weighted by molar-refractivity contribution is 0.0653. The van der Waals surface area contributed by atoms with Gasteiger partial charge in [0.1, 0.15) is 11.5 Å². The van der Waals surface area contributed by atoms with Crippen LogP contribution in [0.15, 0.2) is 12.1 Å². The number of methoxy groups -OCH3 is 2. The quantitative estimate of drug-likeness (QED) is 0.533. The van der Waals surface area contributed by atoms with Crippen molar-refractivity contribution in [2.24, 2.45) is 0 Å². The van der Waals surface area contributed by atoms with E-state index in [0.717, 1.165) is 0 Å². The van der Waals surface area contributed by atoms with Crippen LogP contribution < -0.4 is 20.5 Å². The van der Waals surface area contributed by atoms with Crippen molar-refractivity contribution in [2.45, 2.75) is 18.9 Å². The van der Waals surface area contributed by atoms with Gasteiger partial charge in [0.25, 0.3) is 5.91 Å². The molecule has 21 heavy (non-hydrogen) atoms. The minimum Gasteiger partial charge on any atom is -0.497 e.